The lowest BCUT2D eigenvalue weighted by Crippen LogP contribution is -2.36. The van der Waals surface area contributed by atoms with Crippen molar-refractivity contribution < 1.29 is 13.9 Å². The number of furan rings is 1. The fourth-order valence-corrected chi connectivity index (χ4v) is 2.64. The predicted octanol–water partition coefficient (Wildman–Crippen LogP) is 3.25. The van der Waals surface area contributed by atoms with Crippen LogP contribution in [0.3, 0.4) is 0 Å². The molecular weight excluding hydrogens is 330 g/mol. The van der Waals surface area contributed by atoms with Gasteiger partial charge in [-0.2, -0.15) is 0 Å². The average Bonchev–Trinajstić information content (AvgIpc) is 2.98. The molecule has 6 nitrogen and oxygen atoms in total. The molecule has 1 aromatic carbocycles. The van der Waals surface area contributed by atoms with Gasteiger partial charge in [0.05, 0.1) is 20.2 Å². The van der Waals surface area contributed by atoms with E-state index < -0.39 is 5.97 Å². The Labute approximate surface area is 154 Å². The van der Waals surface area contributed by atoms with Gasteiger partial charge < -0.3 is 19.8 Å². The number of esters is 1. The van der Waals surface area contributed by atoms with Crippen LogP contribution < -0.4 is 10.6 Å². The first kappa shape index (κ1) is 19.6. The molecule has 0 amide bonds. The van der Waals surface area contributed by atoms with Crippen molar-refractivity contribution in [1.82, 2.24) is 10.6 Å². The van der Waals surface area contributed by atoms with E-state index in [0.717, 1.165) is 6.54 Å². The van der Waals surface area contributed by atoms with E-state index >= 15 is 0 Å². The molecule has 0 aliphatic rings. The highest BCUT2D eigenvalue weighted by molar-refractivity contribution is 5.90. The van der Waals surface area contributed by atoms with Crippen LogP contribution in [-0.2, 0) is 17.8 Å². The summed E-state index contributed by atoms with van der Waals surface area (Å²) in [4.78, 5) is 16.3. The monoisotopic (exact) mass is 357 g/mol. The van der Waals surface area contributed by atoms with Crippen LogP contribution >= 0.6 is 0 Å². The second-order valence-electron chi connectivity index (χ2n) is 6.15. The first-order chi connectivity index (χ1) is 12.4. The van der Waals surface area contributed by atoms with Gasteiger partial charge in [0.1, 0.15) is 17.1 Å². The largest absolute Gasteiger partial charge is 0.465 e. The number of ether oxygens (including phenoxy) is 1. The zero-order chi connectivity index (χ0) is 19.1. The third kappa shape index (κ3) is 5.12. The molecule has 1 aromatic heterocycles. The Morgan fingerprint density at radius 3 is 2.62 bits per heavy atom. The van der Waals surface area contributed by atoms with E-state index in [4.69, 9.17) is 9.15 Å². The van der Waals surface area contributed by atoms with Crippen LogP contribution in [0.15, 0.2) is 33.7 Å². The van der Waals surface area contributed by atoms with Crippen molar-refractivity contribution in [3.05, 3.63) is 58.0 Å². The number of carbonyl (C=O) groups is 1. The molecule has 0 aliphatic carbocycles. The summed E-state index contributed by atoms with van der Waals surface area (Å²) in [5, 5.41) is 6.44. The van der Waals surface area contributed by atoms with Crippen LogP contribution in [0.5, 0.6) is 0 Å². The number of methoxy groups -OCH3 is 1. The van der Waals surface area contributed by atoms with Crippen molar-refractivity contribution in [3.8, 4) is 0 Å². The van der Waals surface area contributed by atoms with Crippen LogP contribution in [0.2, 0.25) is 0 Å². The maximum atomic E-state index is 11.7. The van der Waals surface area contributed by atoms with Gasteiger partial charge in [-0.1, -0.05) is 23.8 Å². The minimum atomic E-state index is -0.395. The van der Waals surface area contributed by atoms with Gasteiger partial charge in [0.15, 0.2) is 5.96 Å². The Bertz CT molecular complexity index is 794. The third-order valence-corrected chi connectivity index (χ3v) is 4.05. The van der Waals surface area contributed by atoms with Crippen molar-refractivity contribution >= 4 is 11.9 Å². The van der Waals surface area contributed by atoms with E-state index in [-0.39, 0.29) is 0 Å². The standard InChI is InChI=1S/C20H27N3O3/c1-6-21-20(22-11-16-8-7-13(2)9-14(16)3)23-12-17-10-18(15(4)26-17)19(24)25-5/h7-10H,6,11-12H2,1-5H3,(H2,21,22,23). The highest BCUT2D eigenvalue weighted by Gasteiger charge is 2.15. The molecule has 1 heterocycles. The lowest BCUT2D eigenvalue weighted by molar-refractivity contribution is 0.0599. The van der Waals surface area contributed by atoms with Crippen molar-refractivity contribution in [2.75, 3.05) is 13.7 Å². The number of benzene rings is 1. The fourth-order valence-electron chi connectivity index (χ4n) is 2.64. The number of aryl methyl sites for hydroxylation is 3. The Morgan fingerprint density at radius 2 is 1.96 bits per heavy atom. The van der Waals surface area contributed by atoms with Crippen molar-refractivity contribution in [1.29, 1.82) is 0 Å². The Hall–Kier alpha value is -2.76. The van der Waals surface area contributed by atoms with E-state index in [1.165, 1.54) is 23.8 Å². The molecule has 0 aliphatic heterocycles. The van der Waals surface area contributed by atoms with Gasteiger partial charge in [-0.25, -0.2) is 9.79 Å². The van der Waals surface area contributed by atoms with Gasteiger partial charge in [-0.15, -0.1) is 0 Å². The molecule has 2 aromatic rings. The number of rotatable bonds is 6. The summed E-state index contributed by atoms with van der Waals surface area (Å²) >= 11 is 0. The molecular formula is C20H27N3O3. The molecule has 26 heavy (non-hydrogen) atoms. The molecule has 0 radical (unpaired) electrons. The number of nitrogens with zero attached hydrogens (tertiary/aromatic N) is 1. The lowest BCUT2D eigenvalue weighted by atomic mass is 10.1. The summed E-state index contributed by atoms with van der Waals surface area (Å²) in [5.41, 5.74) is 4.11. The molecule has 140 valence electrons. The van der Waals surface area contributed by atoms with E-state index in [1.54, 1.807) is 13.0 Å². The van der Waals surface area contributed by atoms with Gasteiger partial charge in [0.2, 0.25) is 0 Å². The third-order valence-electron chi connectivity index (χ3n) is 4.05. The lowest BCUT2D eigenvalue weighted by Gasteiger charge is -2.11. The summed E-state index contributed by atoms with van der Waals surface area (Å²) in [6.45, 7) is 9.71. The molecule has 0 saturated heterocycles. The Balaban J connectivity index is 2.04. The van der Waals surface area contributed by atoms with E-state index in [1.807, 2.05) is 6.92 Å². The summed E-state index contributed by atoms with van der Waals surface area (Å²) in [6, 6.07) is 8.06. The van der Waals surface area contributed by atoms with Gasteiger partial charge >= 0.3 is 5.97 Å². The molecule has 0 fully saturated rings. The number of hydrogen-bond acceptors (Lipinski definition) is 4. The molecule has 2 rings (SSSR count). The highest BCUT2D eigenvalue weighted by atomic mass is 16.5. The van der Waals surface area contributed by atoms with Crippen molar-refractivity contribution in [2.45, 2.75) is 40.8 Å². The van der Waals surface area contributed by atoms with E-state index in [2.05, 4.69) is 47.7 Å². The van der Waals surface area contributed by atoms with Gasteiger partial charge in [0.25, 0.3) is 0 Å². The average molecular weight is 357 g/mol. The predicted molar refractivity (Wildman–Crippen MR) is 102 cm³/mol. The summed E-state index contributed by atoms with van der Waals surface area (Å²) in [5.74, 6) is 1.50. The Kier molecular flexibility index (Phi) is 6.83. The van der Waals surface area contributed by atoms with Crippen molar-refractivity contribution in [2.24, 2.45) is 4.99 Å². The Morgan fingerprint density at radius 1 is 1.19 bits per heavy atom. The highest BCUT2D eigenvalue weighted by Crippen LogP contribution is 2.15. The van der Waals surface area contributed by atoms with Crippen LogP contribution in [0, 0.1) is 20.8 Å². The van der Waals surface area contributed by atoms with E-state index in [9.17, 15) is 4.79 Å². The summed E-state index contributed by atoms with van der Waals surface area (Å²) in [7, 11) is 1.36. The first-order valence-electron chi connectivity index (χ1n) is 8.70. The van der Waals surface area contributed by atoms with E-state index in [0.29, 0.717) is 36.1 Å². The number of hydrogen-bond donors (Lipinski definition) is 2. The molecule has 0 unspecified atom stereocenters. The topological polar surface area (TPSA) is 75.9 Å². The van der Waals surface area contributed by atoms with Gasteiger partial charge in [-0.3, -0.25) is 0 Å². The molecule has 6 heteroatoms. The summed E-state index contributed by atoms with van der Waals surface area (Å²) in [6.07, 6.45) is 0. The second kappa shape index (κ2) is 9.08. The maximum absolute atomic E-state index is 11.7. The number of nitrogens with one attached hydrogen (secondary N) is 2. The maximum Gasteiger partial charge on any atom is 0.341 e. The molecule has 0 bridgehead atoms. The minimum Gasteiger partial charge on any atom is -0.465 e. The number of aliphatic imine (C=N–C) groups is 1. The molecule has 2 N–H and O–H groups in total. The van der Waals surface area contributed by atoms with Gasteiger partial charge in [-0.05, 0) is 44.9 Å². The zero-order valence-electron chi connectivity index (χ0n) is 16.1. The quantitative estimate of drug-likeness (QED) is 0.471. The summed E-state index contributed by atoms with van der Waals surface area (Å²) < 4.78 is 10.4. The van der Waals surface area contributed by atoms with Crippen LogP contribution in [0.4, 0.5) is 0 Å². The number of carbonyl (C=O) groups excluding carboxylic acids is 1. The second-order valence-corrected chi connectivity index (χ2v) is 6.15. The zero-order valence-corrected chi connectivity index (χ0v) is 16.1. The molecule has 0 saturated carbocycles. The number of guanidine groups is 1. The van der Waals surface area contributed by atoms with Gasteiger partial charge in [0, 0.05) is 6.54 Å². The smallest absolute Gasteiger partial charge is 0.341 e. The fraction of sp³-hybridized carbons (Fsp3) is 0.400. The van der Waals surface area contributed by atoms with Crippen LogP contribution in [-0.4, -0.2) is 25.6 Å². The minimum absolute atomic E-state index is 0.395. The van der Waals surface area contributed by atoms with Crippen molar-refractivity contribution in [3.63, 3.8) is 0 Å². The van der Waals surface area contributed by atoms with Crippen LogP contribution in [0.25, 0.3) is 0 Å². The molecule has 0 spiro atoms. The normalized spacial score (nSPS) is 11.3. The molecule has 0 atom stereocenters. The SMILES string of the molecule is CCNC(=NCc1ccc(C)cc1C)NCc1cc(C(=O)OC)c(C)o1. The van der Waals surface area contributed by atoms with Crippen LogP contribution in [0.1, 0.15) is 45.5 Å². The first-order valence-corrected chi connectivity index (χ1v) is 8.70.